The Morgan fingerprint density at radius 2 is 1.81 bits per heavy atom. The van der Waals surface area contributed by atoms with Gasteiger partial charge in [0.2, 0.25) is 0 Å². The average molecular weight is 224 g/mol. The van der Waals surface area contributed by atoms with Gasteiger partial charge in [0, 0.05) is 12.0 Å². The van der Waals surface area contributed by atoms with Crippen LogP contribution in [-0.2, 0) is 0 Å². The van der Waals surface area contributed by atoms with Crippen LogP contribution in [0.15, 0.2) is 18.2 Å². The van der Waals surface area contributed by atoms with Gasteiger partial charge in [0.15, 0.2) is 5.78 Å². The molecule has 0 atom stereocenters. The van der Waals surface area contributed by atoms with Gasteiger partial charge >= 0.3 is 0 Å². The molecule has 0 saturated heterocycles. The number of halogens is 2. The molecule has 1 aliphatic carbocycles. The fourth-order valence-electron chi connectivity index (χ4n) is 2.27. The Balaban J connectivity index is 2.19. The summed E-state index contributed by atoms with van der Waals surface area (Å²) in [6, 6.07) is 3.16. The van der Waals surface area contributed by atoms with Crippen LogP contribution in [0.3, 0.4) is 0 Å². The Kier molecular flexibility index (Phi) is 3.32. The second-order valence-electron chi connectivity index (χ2n) is 4.32. The number of hydrogen-bond donors (Lipinski definition) is 0. The van der Waals surface area contributed by atoms with Crippen LogP contribution in [0.5, 0.6) is 0 Å². The lowest BCUT2D eigenvalue weighted by molar-refractivity contribution is 0.0885. The molecule has 0 amide bonds. The molecular weight excluding hydrogens is 210 g/mol. The van der Waals surface area contributed by atoms with E-state index in [1.54, 1.807) is 0 Å². The quantitative estimate of drug-likeness (QED) is 0.699. The molecule has 1 aromatic carbocycles. The van der Waals surface area contributed by atoms with E-state index >= 15 is 0 Å². The molecule has 0 aliphatic heterocycles. The maximum absolute atomic E-state index is 13.4. The lowest BCUT2D eigenvalue weighted by atomic mass is 9.84. The first-order chi connectivity index (χ1) is 7.68. The van der Waals surface area contributed by atoms with E-state index in [1.807, 2.05) is 0 Å². The van der Waals surface area contributed by atoms with E-state index in [-0.39, 0.29) is 17.3 Å². The van der Waals surface area contributed by atoms with Crippen molar-refractivity contribution in [3.63, 3.8) is 0 Å². The third kappa shape index (κ3) is 2.29. The van der Waals surface area contributed by atoms with Crippen LogP contribution in [0.4, 0.5) is 8.78 Å². The van der Waals surface area contributed by atoms with Crippen molar-refractivity contribution in [2.75, 3.05) is 0 Å². The zero-order valence-corrected chi connectivity index (χ0v) is 9.01. The van der Waals surface area contributed by atoms with E-state index in [0.717, 1.165) is 44.2 Å². The highest BCUT2D eigenvalue weighted by atomic mass is 19.1. The minimum Gasteiger partial charge on any atom is -0.294 e. The zero-order chi connectivity index (χ0) is 11.5. The van der Waals surface area contributed by atoms with E-state index in [1.165, 1.54) is 6.07 Å². The predicted molar refractivity (Wildman–Crippen MR) is 57.3 cm³/mol. The number of Topliss-reactive ketones (excluding diaryl/α,β-unsaturated/α-hetero) is 1. The Morgan fingerprint density at radius 3 is 2.44 bits per heavy atom. The van der Waals surface area contributed by atoms with Crippen LogP contribution in [0.25, 0.3) is 0 Å². The Hall–Kier alpha value is -1.25. The molecule has 1 aliphatic rings. The minimum atomic E-state index is -0.740. The lowest BCUT2D eigenvalue weighted by Crippen LogP contribution is -2.19. The molecule has 1 nitrogen and oxygen atoms in total. The predicted octanol–water partition coefficient (Wildman–Crippen LogP) is 3.73. The van der Waals surface area contributed by atoms with Gasteiger partial charge in [-0.3, -0.25) is 4.79 Å². The molecule has 1 aromatic rings. The second-order valence-corrected chi connectivity index (χ2v) is 4.32. The summed E-state index contributed by atoms with van der Waals surface area (Å²) in [4.78, 5) is 12.0. The fourth-order valence-corrected chi connectivity index (χ4v) is 2.27. The summed E-state index contributed by atoms with van der Waals surface area (Å²) in [6.07, 6.45) is 4.86. The van der Waals surface area contributed by atoms with Crippen LogP contribution in [0.2, 0.25) is 0 Å². The Bertz CT molecular complexity index is 395. The van der Waals surface area contributed by atoms with Crippen molar-refractivity contribution in [1.29, 1.82) is 0 Å². The zero-order valence-electron chi connectivity index (χ0n) is 9.01. The third-order valence-electron chi connectivity index (χ3n) is 3.17. The monoisotopic (exact) mass is 224 g/mol. The average Bonchev–Trinajstić information content (AvgIpc) is 2.29. The number of benzene rings is 1. The molecule has 0 radical (unpaired) electrons. The van der Waals surface area contributed by atoms with Crippen molar-refractivity contribution in [2.45, 2.75) is 32.1 Å². The van der Waals surface area contributed by atoms with Crippen LogP contribution in [0, 0.1) is 17.6 Å². The van der Waals surface area contributed by atoms with E-state index in [0.29, 0.717) is 0 Å². The third-order valence-corrected chi connectivity index (χ3v) is 3.17. The first kappa shape index (κ1) is 11.2. The van der Waals surface area contributed by atoms with Crippen molar-refractivity contribution in [3.05, 3.63) is 35.4 Å². The Labute approximate surface area is 93.5 Å². The highest BCUT2D eigenvalue weighted by molar-refractivity contribution is 5.98. The summed E-state index contributed by atoms with van der Waals surface area (Å²) in [7, 11) is 0. The van der Waals surface area contributed by atoms with Gasteiger partial charge in [-0.2, -0.15) is 0 Å². The van der Waals surface area contributed by atoms with Gasteiger partial charge in [0.25, 0.3) is 0 Å². The molecule has 3 heteroatoms. The van der Waals surface area contributed by atoms with E-state index < -0.39 is 11.6 Å². The molecule has 0 bridgehead atoms. The molecule has 0 heterocycles. The smallest absolute Gasteiger partial charge is 0.168 e. The summed E-state index contributed by atoms with van der Waals surface area (Å²) in [6.45, 7) is 0. The summed E-state index contributed by atoms with van der Waals surface area (Å²) in [5, 5.41) is 0. The SMILES string of the molecule is O=C(c1ccc(F)cc1F)C1CCCCC1. The number of ketones is 1. The number of rotatable bonds is 2. The summed E-state index contributed by atoms with van der Waals surface area (Å²) < 4.78 is 26.1. The molecule has 1 fully saturated rings. The maximum Gasteiger partial charge on any atom is 0.168 e. The van der Waals surface area contributed by atoms with Gasteiger partial charge in [-0.25, -0.2) is 8.78 Å². The van der Waals surface area contributed by atoms with Crippen molar-refractivity contribution in [2.24, 2.45) is 5.92 Å². The highest BCUT2D eigenvalue weighted by Crippen LogP contribution is 2.27. The van der Waals surface area contributed by atoms with E-state index in [4.69, 9.17) is 0 Å². The van der Waals surface area contributed by atoms with Gasteiger partial charge in [0.1, 0.15) is 11.6 Å². The van der Waals surface area contributed by atoms with E-state index in [2.05, 4.69) is 0 Å². The normalized spacial score (nSPS) is 17.4. The first-order valence-corrected chi connectivity index (χ1v) is 5.68. The fraction of sp³-hybridized carbons (Fsp3) is 0.462. The van der Waals surface area contributed by atoms with Gasteiger partial charge in [-0.1, -0.05) is 19.3 Å². The summed E-state index contributed by atoms with van der Waals surface area (Å²) >= 11 is 0. The van der Waals surface area contributed by atoms with Gasteiger partial charge in [0.05, 0.1) is 5.56 Å². The van der Waals surface area contributed by atoms with Gasteiger partial charge in [-0.15, -0.1) is 0 Å². The molecule has 2 rings (SSSR count). The molecular formula is C13H14F2O. The largest absolute Gasteiger partial charge is 0.294 e. The minimum absolute atomic E-state index is 0.0355. The maximum atomic E-state index is 13.4. The molecule has 0 spiro atoms. The van der Waals surface area contributed by atoms with Crippen LogP contribution in [0.1, 0.15) is 42.5 Å². The number of carbonyl (C=O) groups is 1. The molecule has 1 saturated carbocycles. The number of carbonyl (C=O) groups excluding carboxylic acids is 1. The summed E-state index contributed by atoms with van der Waals surface area (Å²) in [5.41, 5.74) is 0.0355. The van der Waals surface area contributed by atoms with Gasteiger partial charge < -0.3 is 0 Å². The van der Waals surface area contributed by atoms with Crippen LogP contribution < -0.4 is 0 Å². The van der Waals surface area contributed by atoms with Crippen LogP contribution >= 0.6 is 0 Å². The van der Waals surface area contributed by atoms with Gasteiger partial charge in [-0.05, 0) is 25.0 Å². The molecule has 86 valence electrons. The number of hydrogen-bond acceptors (Lipinski definition) is 1. The first-order valence-electron chi connectivity index (χ1n) is 5.68. The standard InChI is InChI=1S/C13H14F2O/c14-10-6-7-11(12(15)8-10)13(16)9-4-2-1-3-5-9/h6-9H,1-5H2. The Morgan fingerprint density at radius 1 is 1.12 bits per heavy atom. The van der Waals surface area contributed by atoms with Crippen LogP contribution in [-0.4, -0.2) is 5.78 Å². The van der Waals surface area contributed by atoms with Crippen molar-refractivity contribution < 1.29 is 13.6 Å². The van der Waals surface area contributed by atoms with Crippen molar-refractivity contribution in [1.82, 2.24) is 0 Å². The molecule has 0 N–H and O–H groups in total. The van der Waals surface area contributed by atoms with E-state index in [9.17, 15) is 13.6 Å². The van der Waals surface area contributed by atoms with Crippen molar-refractivity contribution >= 4 is 5.78 Å². The lowest BCUT2D eigenvalue weighted by Gasteiger charge is -2.20. The molecule has 0 aromatic heterocycles. The molecule has 0 unspecified atom stereocenters. The van der Waals surface area contributed by atoms with Crippen molar-refractivity contribution in [3.8, 4) is 0 Å². The summed E-state index contributed by atoms with van der Waals surface area (Å²) in [5.74, 6) is -1.63. The highest BCUT2D eigenvalue weighted by Gasteiger charge is 2.24. The molecule has 16 heavy (non-hydrogen) atoms. The topological polar surface area (TPSA) is 17.1 Å². The second kappa shape index (κ2) is 4.73.